The quantitative estimate of drug-likeness (QED) is 0.811. The largest absolute Gasteiger partial charge is 0.309 e. The van der Waals surface area contributed by atoms with E-state index in [0.717, 1.165) is 19.0 Å². The first-order valence-corrected chi connectivity index (χ1v) is 6.62. The summed E-state index contributed by atoms with van der Waals surface area (Å²) in [6.45, 7) is 4.31. The van der Waals surface area contributed by atoms with Crippen LogP contribution >= 0.6 is 0 Å². The number of nitrogens with one attached hydrogen (secondary N) is 1. The van der Waals surface area contributed by atoms with Crippen molar-refractivity contribution in [3.63, 3.8) is 0 Å². The lowest BCUT2D eigenvalue weighted by molar-refractivity contribution is 0.349. The highest BCUT2D eigenvalue weighted by molar-refractivity contribution is 5.29. The van der Waals surface area contributed by atoms with Gasteiger partial charge in [-0.1, -0.05) is 24.3 Å². The van der Waals surface area contributed by atoms with Crippen LogP contribution in [0.5, 0.6) is 0 Å². The van der Waals surface area contributed by atoms with Gasteiger partial charge in [0, 0.05) is 19.1 Å². The van der Waals surface area contributed by atoms with E-state index in [1.165, 1.54) is 24.0 Å². The van der Waals surface area contributed by atoms with Crippen LogP contribution in [0.2, 0.25) is 0 Å². The van der Waals surface area contributed by atoms with Gasteiger partial charge in [0.2, 0.25) is 0 Å². The molecule has 1 atom stereocenters. The molecule has 1 aliphatic carbocycles. The normalized spacial score (nSPS) is 17.4. The van der Waals surface area contributed by atoms with Crippen LogP contribution in [-0.4, -0.2) is 31.6 Å². The van der Waals surface area contributed by atoms with Crippen molar-refractivity contribution in [2.45, 2.75) is 38.3 Å². The molecular weight excluding hydrogens is 208 g/mol. The van der Waals surface area contributed by atoms with Crippen LogP contribution in [0.1, 0.15) is 36.8 Å². The third-order valence-electron chi connectivity index (χ3n) is 3.29. The lowest BCUT2D eigenvalue weighted by Gasteiger charge is -2.18. The van der Waals surface area contributed by atoms with E-state index >= 15 is 0 Å². The molecule has 0 saturated heterocycles. The molecule has 1 N–H and O–H groups in total. The zero-order valence-corrected chi connectivity index (χ0v) is 11.2. The van der Waals surface area contributed by atoms with Crippen LogP contribution < -0.4 is 5.32 Å². The smallest absolute Gasteiger partial charge is 0.0208 e. The van der Waals surface area contributed by atoms with Crippen molar-refractivity contribution in [3.8, 4) is 0 Å². The van der Waals surface area contributed by atoms with Gasteiger partial charge in [-0.3, -0.25) is 0 Å². The van der Waals surface area contributed by atoms with E-state index in [9.17, 15) is 0 Å². The van der Waals surface area contributed by atoms with Gasteiger partial charge in [0.05, 0.1) is 0 Å². The van der Waals surface area contributed by atoms with Crippen LogP contribution in [0.3, 0.4) is 0 Å². The monoisotopic (exact) mass is 232 g/mol. The maximum atomic E-state index is 3.58. The van der Waals surface area contributed by atoms with Crippen LogP contribution in [0.4, 0.5) is 0 Å². The average Bonchev–Trinajstić information content (AvgIpc) is 3.10. The molecule has 2 nitrogen and oxygen atoms in total. The summed E-state index contributed by atoms with van der Waals surface area (Å²) >= 11 is 0. The molecule has 0 amide bonds. The molecule has 0 aromatic heterocycles. The summed E-state index contributed by atoms with van der Waals surface area (Å²) in [6, 6.07) is 9.59. The molecule has 1 aromatic carbocycles. The van der Waals surface area contributed by atoms with Crippen LogP contribution in [0, 0.1) is 0 Å². The van der Waals surface area contributed by atoms with Crippen molar-refractivity contribution >= 4 is 0 Å². The van der Waals surface area contributed by atoms with E-state index in [0.29, 0.717) is 6.04 Å². The number of nitrogens with zero attached hydrogens (tertiary/aromatic N) is 1. The first kappa shape index (κ1) is 12.6. The Morgan fingerprint density at radius 3 is 2.76 bits per heavy atom. The van der Waals surface area contributed by atoms with Gasteiger partial charge in [0.25, 0.3) is 0 Å². The molecule has 2 rings (SSSR count). The van der Waals surface area contributed by atoms with E-state index in [1.807, 2.05) is 0 Å². The van der Waals surface area contributed by atoms with Gasteiger partial charge in [-0.05, 0) is 50.9 Å². The molecular formula is C15H24N2. The fourth-order valence-electron chi connectivity index (χ4n) is 2.28. The van der Waals surface area contributed by atoms with Crippen LogP contribution in [-0.2, 0) is 6.54 Å². The third-order valence-corrected chi connectivity index (χ3v) is 3.29. The molecule has 1 aromatic rings. The minimum absolute atomic E-state index is 0.537. The maximum absolute atomic E-state index is 3.58. The molecule has 1 aliphatic rings. The highest BCUT2D eigenvalue weighted by atomic mass is 15.1. The Balaban J connectivity index is 1.83. The van der Waals surface area contributed by atoms with Gasteiger partial charge >= 0.3 is 0 Å². The van der Waals surface area contributed by atoms with E-state index < -0.39 is 0 Å². The fourth-order valence-corrected chi connectivity index (χ4v) is 2.28. The number of benzene rings is 1. The molecule has 1 fully saturated rings. The van der Waals surface area contributed by atoms with Crippen molar-refractivity contribution < 1.29 is 0 Å². The van der Waals surface area contributed by atoms with Crippen molar-refractivity contribution in [1.29, 1.82) is 0 Å². The standard InChI is InChI=1S/C15H24N2/c1-12(11-17(2)3)16-10-13-5-4-6-15(9-13)14-7-8-14/h4-6,9,12,14,16H,7-8,10-11H2,1-3H3. The van der Waals surface area contributed by atoms with Crippen molar-refractivity contribution in [2.24, 2.45) is 0 Å². The fraction of sp³-hybridized carbons (Fsp3) is 0.600. The lowest BCUT2D eigenvalue weighted by Crippen LogP contribution is -2.35. The summed E-state index contributed by atoms with van der Waals surface area (Å²) < 4.78 is 0. The molecule has 0 radical (unpaired) electrons. The number of hydrogen-bond acceptors (Lipinski definition) is 2. The molecule has 0 aliphatic heterocycles. The molecule has 2 heteroatoms. The van der Waals surface area contributed by atoms with Crippen molar-refractivity contribution in [1.82, 2.24) is 10.2 Å². The Kier molecular flexibility index (Phi) is 4.19. The van der Waals surface area contributed by atoms with Crippen LogP contribution in [0.15, 0.2) is 24.3 Å². The van der Waals surface area contributed by atoms with Gasteiger partial charge in [-0.2, -0.15) is 0 Å². The first-order chi connectivity index (χ1) is 8.15. The Morgan fingerprint density at radius 1 is 1.35 bits per heavy atom. The van der Waals surface area contributed by atoms with Crippen molar-refractivity contribution in [2.75, 3.05) is 20.6 Å². The third kappa shape index (κ3) is 4.14. The summed E-state index contributed by atoms with van der Waals surface area (Å²) in [7, 11) is 4.23. The predicted molar refractivity (Wildman–Crippen MR) is 73.3 cm³/mol. The predicted octanol–water partition coefficient (Wildman–Crippen LogP) is 2.60. The minimum Gasteiger partial charge on any atom is -0.309 e. The number of rotatable bonds is 6. The van der Waals surface area contributed by atoms with Gasteiger partial charge in [0.15, 0.2) is 0 Å². The topological polar surface area (TPSA) is 15.3 Å². The Morgan fingerprint density at radius 2 is 2.12 bits per heavy atom. The molecule has 1 saturated carbocycles. The Bertz CT molecular complexity index is 356. The van der Waals surface area contributed by atoms with E-state index in [1.54, 1.807) is 0 Å². The highest BCUT2D eigenvalue weighted by Crippen LogP contribution is 2.40. The maximum Gasteiger partial charge on any atom is 0.0208 e. The van der Waals surface area contributed by atoms with E-state index in [-0.39, 0.29) is 0 Å². The van der Waals surface area contributed by atoms with Gasteiger partial charge in [0.1, 0.15) is 0 Å². The summed E-state index contributed by atoms with van der Waals surface area (Å²) in [6.07, 6.45) is 2.77. The average molecular weight is 232 g/mol. The summed E-state index contributed by atoms with van der Waals surface area (Å²) in [5, 5.41) is 3.58. The van der Waals surface area contributed by atoms with Gasteiger partial charge in [-0.25, -0.2) is 0 Å². The SMILES string of the molecule is CC(CN(C)C)NCc1cccc(C2CC2)c1. The van der Waals surface area contributed by atoms with E-state index in [2.05, 4.69) is 55.5 Å². The number of hydrogen-bond donors (Lipinski definition) is 1. The highest BCUT2D eigenvalue weighted by Gasteiger charge is 2.23. The molecule has 1 unspecified atom stereocenters. The van der Waals surface area contributed by atoms with Gasteiger partial charge < -0.3 is 10.2 Å². The lowest BCUT2D eigenvalue weighted by atomic mass is 10.1. The Hall–Kier alpha value is -0.860. The van der Waals surface area contributed by atoms with Crippen LogP contribution in [0.25, 0.3) is 0 Å². The molecule has 17 heavy (non-hydrogen) atoms. The van der Waals surface area contributed by atoms with E-state index in [4.69, 9.17) is 0 Å². The van der Waals surface area contributed by atoms with Gasteiger partial charge in [-0.15, -0.1) is 0 Å². The first-order valence-electron chi connectivity index (χ1n) is 6.62. The summed E-state index contributed by atoms with van der Waals surface area (Å²) in [5.74, 6) is 0.856. The minimum atomic E-state index is 0.537. The molecule has 0 bridgehead atoms. The van der Waals surface area contributed by atoms with Crippen molar-refractivity contribution in [3.05, 3.63) is 35.4 Å². The molecule has 0 spiro atoms. The molecule has 94 valence electrons. The Labute approximate surface area is 105 Å². The zero-order chi connectivity index (χ0) is 12.3. The summed E-state index contributed by atoms with van der Waals surface area (Å²) in [4.78, 5) is 2.22. The number of likely N-dealkylation sites (N-methyl/N-ethyl adjacent to an activating group) is 1. The zero-order valence-electron chi connectivity index (χ0n) is 11.2. The second-order valence-corrected chi connectivity index (χ2v) is 5.56. The second kappa shape index (κ2) is 5.65. The second-order valence-electron chi connectivity index (χ2n) is 5.56. The molecule has 0 heterocycles. The summed E-state index contributed by atoms with van der Waals surface area (Å²) in [5.41, 5.74) is 2.95.